The van der Waals surface area contributed by atoms with Crippen LogP contribution in [-0.2, 0) is 4.79 Å². The summed E-state index contributed by atoms with van der Waals surface area (Å²) in [6.45, 7) is 1.27. The van der Waals surface area contributed by atoms with Crippen LogP contribution in [0, 0.1) is 0 Å². The second-order valence-corrected chi connectivity index (χ2v) is 6.26. The summed E-state index contributed by atoms with van der Waals surface area (Å²) >= 11 is 0. The van der Waals surface area contributed by atoms with Crippen LogP contribution in [0.5, 0.6) is 23.0 Å². The van der Waals surface area contributed by atoms with Crippen molar-refractivity contribution >= 4 is 28.9 Å². The first-order valence-electron chi connectivity index (χ1n) is 8.92. The third-order valence-electron chi connectivity index (χ3n) is 4.22. The Morgan fingerprint density at radius 3 is 2.17 bits per heavy atom. The van der Waals surface area contributed by atoms with Crippen LogP contribution in [-0.4, -0.2) is 37.4 Å². The van der Waals surface area contributed by atoms with E-state index in [9.17, 15) is 14.7 Å². The standard InChI is InChI=1S/C22H20N2O6/c1-13(25)30-21-19(28-2)8-14(9-20(21)29-3)12-23-24-22(27)17-10-15-6-4-5-7-16(15)11-18(17)26/h4-12,26H,1-3H3,(H,24,27). The second-order valence-electron chi connectivity index (χ2n) is 6.26. The monoisotopic (exact) mass is 408 g/mol. The van der Waals surface area contributed by atoms with Gasteiger partial charge in [0.1, 0.15) is 5.75 Å². The van der Waals surface area contributed by atoms with Gasteiger partial charge >= 0.3 is 5.97 Å². The molecule has 154 valence electrons. The molecule has 0 unspecified atom stereocenters. The molecule has 2 N–H and O–H groups in total. The Bertz CT molecular complexity index is 1110. The van der Waals surface area contributed by atoms with Gasteiger partial charge in [-0.2, -0.15) is 5.10 Å². The Balaban J connectivity index is 1.82. The van der Waals surface area contributed by atoms with Crippen molar-refractivity contribution in [2.45, 2.75) is 6.92 Å². The molecule has 0 fully saturated rings. The predicted molar refractivity (Wildman–Crippen MR) is 112 cm³/mol. The van der Waals surface area contributed by atoms with Gasteiger partial charge in [-0.3, -0.25) is 9.59 Å². The number of esters is 1. The number of rotatable bonds is 6. The van der Waals surface area contributed by atoms with Gasteiger partial charge in [-0.05, 0) is 35.0 Å². The highest BCUT2D eigenvalue weighted by Gasteiger charge is 2.16. The molecule has 0 bridgehead atoms. The van der Waals surface area contributed by atoms with Crippen molar-refractivity contribution in [2.75, 3.05) is 14.2 Å². The number of nitrogens with one attached hydrogen (secondary N) is 1. The highest BCUT2D eigenvalue weighted by Crippen LogP contribution is 2.38. The minimum absolute atomic E-state index is 0.103. The second kappa shape index (κ2) is 8.95. The summed E-state index contributed by atoms with van der Waals surface area (Å²) in [6.07, 6.45) is 1.37. The van der Waals surface area contributed by atoms with E-state index in [-0.39, 0.29) is 28.6 Å². The molecule has 0 aliphatic heterocycles. The molecule has 3 aromatic carbocycles. The van der Waals surface area contributed by atoms with Gasteiger partial charge in [0.05, 0.1) is 26.0 Å². The zero-order valence-electron chi connectivity index (χ0n) is 16.6. The maximum atomic E-state index is 12.4. The number of benzene rings is 3. The van der Waals surface area contributed by atoms with Gasteiger partial charge in [0.2, 0.25) is 5.75 Å². The van der Waals surface area contributed by atoms with Crippen LogP contribution in [0.2, 0.25) is 0 Å². The maximum Gasteiger partial charge on any atom is 0.308 e. The van der Waals surface area contributed by atoms with E-state index in [4.69, 9.17) is 14.2 Å². The lowest BCUT2D eigenvalue weighted by Gasteiger charge is -2.13. The molecule has 8 nitrogen and oxygen atoms in total. The highest BCUT2D eigenvalue weighted by atomic mass is 16.6. The summed E-state index contributed by atoms with van der Waals surface area (Å²) in [5.41, 5.74) is 3.01. The number of carbonyl (C=O) groups excluding carboxylic acids is 2. The van der Waals surface area contributed by atoms with Gasteiger partial charge < -0.3 is 19.3 Å². The fraction of sp³-hybridized carbons (Fsp3) is 0.136. The van der Waals surface area contributed by atoms with E-state index in [2.05, 4.69) is 10.5 Å². The third kappa shape index (κ3) is 4.49. The van der Waals surface area contributed by atoms with Crippen LogP contribution < -0.4 is 19.6 Å². The van der Waals surface area contributed by atoms with Crippen molar-refractivity contribution in [3.05, 3.63) is 59.7 Å². The Kier molecular flexibility index (Phi) is 6.17. The number of carbonyl (C=O) groups is 2. The van der Waals surface area contributed by atoms with E-state index in [1.807, 2.05) is 24.3 Å². The van der Waals surface area contributed by atoms with E-state index in [1.54, 1.807) is 18.2 Å². The largest absolute Gasteiger partial charge is 0.507 e. The van der Waals surface area contributed by atoms with Gasteiger partial charge in [0.25, 0.3) is 5.91 Å². The summed E-state index contributed by atoms with van der Waals surface area (Å²) < 4.78 is 15.6. The van der Waals surface area contributed by atoms with Crippen LogP contribution >= 0.6 is 0 Å². The van der Waals surface area contributed by atoms with Gasteiger partial charge in [0.15, 0.2) is 11.5 Å². The number of phenolic OH excluding ortho intramolecular Hbond substituents is 1. The smallest absolute Gasteiger partial charge is 0.308 e. The SMILES string of the molecule is COc1cc(C=NNC(=O)c2cc3ccccc3cc2O)cc(OC)c1OC(C)=O. The topological polar surface area (TPSA) is 106 Å². The third-order valence-corrected chi connectivity index (χ3v) is 4.22. The molecule has 0 atom stereocenters. The van der Waals surface area contributed by atoms with E-state index >= 15 is 0 Å². The summed E-state index contributed by atoms with van der Waals surface area (Å²) in [4.78, 5) is 23.7. The molecule has 0 aliphatic rings. The first-order chi connectivity index (χ1) is 14.4. The summed E-state index contributed by atoms with van der Waals surface area (Å²) in [6, 6.07) is 13.6. The number of amides is 1. The molecule has 0 saturated heterocycles. The Hall–Kier alpha value is -4.07. The lowest BCUT2D eigenvalue weighted by Crippen LogP contribution is -2.17. The molecule has 1 amide bonds. The minimum Gasteiger partial charge on any atom is -0.507 e. The summed E-state index contributed by atoms with van der Waals surface area (Å²) in [7, 11) is 2.85. The quantitative estimate of drug-likeness (QED) is 0.281. The molecule has 0 aliphatic carbocycles. The van der Waals surface area contributed by atoms with Crippen LogP contribution in [0.4, 0.5) is 0 Å². The number of aromatic hydroxyl groups is 1. The van der Waals surface area contributed by atoms with Gasteiger partial charge in [0, 0.05) is 12.5 Å². The molecule has 8 heteroatoms. The lowest BCUT2D eigenvalue weighted by molar-refractivity contribution is -0.132. The molecule has 3 aromatic rings. The van der Waals surface area contributed by atoms with Crippen LogP contribution in [0.15, 0.2) is 53.6 Å². The van der Waals surface area contributed by atoms with Crippen molar-refractivity contribution in [2.24, 2.45) is 5.10 Å². The Labute approximate surface area is 172 Å². The van der Waals surface area contributed by atoms with Crippen LogP contribution in [0.3, 0.4) is 0 Å². The first-order valence-corrected chi connectivity index (χ1v) is 8.92. The summed E-state index contributed by atoms with van der Waals surface area (Å²) in [5.74, 6) is -0.542. The summed E-state index contributed by atoms with van der Waals surface area (Å²) in [5, 5.41) is 15.7. The average molecular weight is 408 g/mol. The van der Waals surface area contributed by atoms with E-state index in [0.717, 1.165) is 10.8 Å². The molecule has 0 aromatic heterocycles. The van der Waals surface area contributed by atoms with E-state index in [0.29, 0.717) is 5.56 Å². The number of hydrogen-bond acceptors (Lipinski definition) is 7. The lowest BCUT2D eigenvalue weighted by atomic mass is 10.1. The minimum atomic E-state index is -0.565. The van der Waals surface area contributed by atoms with Crippen molar-refractivity contribution < 1.29 is 28.9 Å². The number of hydrogen-bond donors (Lipinski definition) is 2. The number of hydrazone groups is 1. The first kappa shape index (κ1) is 20.7. The normalized spacial score (nSPS) is 10.8. The molecule has 0 heterocycles. The Morgan fingerprint density at radius 1 is 1.00 bits per heavy atom. The van der Waals surface area contributed by atoms with E-state index < -0.39 is 11.9 Å². The number of methoxy groups -OCH3 is 2. The van der Waals surface area contributed by atoms with Crippen molar-refractivity contribution in [1.82, 2.24) is 5.43 Å². The molecule has 0 saturated carbocycles. The highest BCUT2D eigenvalue weighted by molar-refractivity contribution is 6.01. The number of fused-ring (bicyclic) bond motifs is 1. The number of phenols is 1. The van der Waals surface area contributed by atoms with Gasteiger partial charge in [-0.1, -0.05) is 24.3 Å². The van der Waals surface area contributed by atoms with E-state index in [1.165, 1.54) is 33.4 Å². The molecular formula is C22H20N2O6. The average Bonchev–Trinajstić information content (AvgIpc) is 2.73. The number of nitrogens with zero attached hydrogens (tertiary/aromatic N) is 1. The van der Waals surface area contributed by atoms with Gasteiger partial charge in [-0.15, -0.1) is 0 Å². The number of ether oxygens (including phenoxy) is 3. The molecular weight excluding hydrogens is 388 g/mol. The fourth-order valence-electron chi connectivity index (χ4n) is 2.85. The van der Waals surface area contributed by atoms with Gasteiger partial charge in [-0.25, -0.2) is 5.43 Å². The molecule has 30 heavy (non-hydrogen) atoms. The van der Waals surface area contributed by atoms with Crippen LogP contribution in [0.25, 0.3) is 10.8 Å². The molecule has 0 radical (unpaired) electrons. The van der Waals surface area contributed by atoms with Crippen molar-refractivity contribution in [3.63, 3.8) is 0 Å². The zero-order chi connectivity index (χ0) is 21.7. The fourth-order valence-corrected chi connectivity index (χ4v) is 2.85. The van der Waals surface area contributed by atoms with Crippen molar-refractivity contribution in [1.29, 1.82) is 0 Å². The van der Waals surface area contributed by atoms with Crippen LogP contribution in [0.1, 0.15) is 22.8 Å². The molecule has 3 rings (SSSR count). The maximum absolute atomic E-state index is 12.4. The van der Waals surface area contributed by atoms with Crippen molar-refractivity contribution in [3.8, 4) is 23.0 Å². The predicted octanol–water partition coefficient (Wildman–Crippen LogP) is 3.25. The zero-order valence-corrected chi connectivity index (χ0v) is 16.6. The Morgan fingerprint density at radius 2 is 1.60 bits per heavy atom. The molecule has 0 spiro atoms.